The number of carboxylic acids is 1. The van der Waals surface area contributed by atoms with Crippen molar-refractivity contribution < 1.29 is 19.1 Å². The summed E-state index contributed by atoms with van der Waals surface area (Å²) in [5.74, 6) is -0.0370. The van der Waals surface area contributed by atoms with Crippen LogP contribution < -0.4 is 4.90 Å². The van der Waals surface area contributed by atoms with E-state index in [1.165, 1.54) is 0 Å². The van der Waals surface area contributed by atoms with Gasteiger partial charge in [-0.15, -0.1) is 0 Å². The number of nitrogens with zero attached hydrogens (tertiary/aromatic N) is 3. The Hall–Kier alpha value is -2.41. The largest absolute Gasteiger partial charge is 0.476 e. The van der Waals surface area contributed by atoms with Gasteiger partial charge in [-0.2, -0.15) is 0 Å². The first-order valence-electron chi connectivity index (χ1n) is 7.08. The molecule has 0 amide bonds. The van der Waals surface area contributed by atoms with Gasteiger partial charge in [0, 0.05) is 24.8 Å². The van der Waals surface area contributed by atoms with E-state index >= 15 is 0 Å². The van der Waals surface area contributed by atoms with Crippen LogP contribution in [0.4, 0.5) is 5.82 Å². The maximum atomic E-state index is 10.9. The summed E-state index contributed by atoms with van der Waals surface area (Å²) >= 11 is 0. The van der Waals surface area contributed by atoms with E-state index in [-0.39, 0.29) is 23.8 Å². The lowest BCUT2D eigenvalue weighted by molar-refractivity contribution is -0.00546. The van der Waals surface area contributed by atoms with E-state index in [1.807, 2.05) is 19.9 Å². The Morgan fingerprint density at radius 3 is 2.73 bits per heavy atom. The van der Waals surface area contributed by atoms with Crippen molar-refractivity contribution in [3.05, 3.63) is 30.3 Å². The van der Waals surface area contributed by atoms with Crippen LogP contribution in [0, 0.1) is 0 Å². The highest BCUT2D eigenvalue weighted by Gasteiger charge is 2.23. The Kier molecular flexibility index (Phi) is 3.81. The number of pyridine rings is 1. The van der Waals surface area contributed by atoms with Crippen LogP contribution in [0.3, 0.4) is 0 Å². The summed E-state index contributed by atoms with van der Waals surface area (Å²) in [6, 6.07) is 3.59. The Morgan fingerprint density at radius 2 is 2.09 bits per heavy atom. The zero-order valence-electron chi connectivity index (χ0n) is 12.4. The van der Waals surface area contributed by atoms with Crippen LogP contribution in [0.1, 0.15) is 24.3 Å². The molecule has 0 bridgehead atoms. The van der Waals surface area contributed by atoms with E-state index in [4.69, 9.17) is 14.3 Å². The molecule has 0 radical (unpaired) electrons. The molecule has 0 aromatic carbocycles. The molecule has 116 valence electrons. The van der Waals surface area contributed by atoms with E-state index in [0.717, 1.165) is 25.2 Å². The van der Waals surface area contributed by atoms with Gasteiger partial charge >= 0.3 is 5.97 Å². The molecule has 0 saturated carbocycles. The number of carbonyl (C=O) groups is 1. The van der Waals surface area contributed by atoms with Crippen LogP contribution >= 0.6 is 0 Å². The van der Waals surface area contributed by atoms with Crippen molar-refractivity contribution in [1.82, 2.24) is 9.97 Å². The predicted molar refractivity (Wildman–Crippen MR) is 78.9 cm³/mol. The van der Waals surface area contributed by atoms with Gasteiger partial charge in [0.1, 0.15) is 12.1 Å². The third-order valence-electron chi connectivity index (χ3n) is 3.46. The molecule has 0 spiro atoms. The molecule has 3 heterocycles. The number of rotatable bonds is 3. The van der Waals surface area contributed by atoms with Gasteiger partial charge in [0.25, 0.3) is 0 Å². The summed E-state index contributed by atoms with van der Waals surface area (Å²) in [4.78, 5) is 21.4. The Balaban J connectivity index is 1.87. The highest BCUT2D eigenvalue weighted by molar-refractivity contribution is 5.85. The van der Waals surface area contributed by atoms with E-state index < -0.39 is 5.97 Å². The van der Waals surface area contributed by atoms with Crippen LogP contribution in [-0.4, -0.2) is 46.3 Å². The quantitative estimate of drug-likeness (QED) is 0.928. The number of hydrogen-bond acceptors (Lipinski definition) is 6. The van der Waals surface area contributed by atoms with Gasteiger partial charge in [-0.1, -0.05) is 0 Å². The van der Waals surface area contributed by atoms with Crippen LogP contribution in [0.25, 0.3) is 11.5 Å². The molecule has 1 aliphatic heterocycles. The van der Waals surface area contributed by atoms with Crippen molar-refractivity contribution in [2.24, 2.45) is 0 Å². The molecule has 0 aliphatic carbocycles. The molecule has 7 nitrogen and oxygen atoms in total. The van der Waals surface area contributed by atoms with Crippen molar-refractivity contribution in [3.63, 3.8) is 0 Å². The van der Waals surface area contributed by atoms with Crippen molar-refractivity contribution in [1.29, 1.82) is 0 Å². The van der Waals surface area contributed by atoms with E-state index in [0.29, 0.717) is 5.56 Å². The predicted octanol–water partition coefficient (Wildman–Crippen LogP) is 2.05. The van der Waals surface area contributed by atoms with Gasteiger partial charge in [-0.05, 0) is 26.0 Å². The Labute approximate surface area is 127 Å². The number of carboxylic acid groups (broad SMARTS) is 1. The fraction of sp³-hybridized carbons (Fsp3) is 0.400. The lowest BCUT2D eigenvalue weighted by atomic mass is 10.2. The molecular formula is C15H17N3O4. The smallest absolute Gasteiger partial charge is 0.357 e. The molecule has 7 heteroatoms. The Bertz CT molecular complexity index is 675. The summed E-state index contributed by atoms with van der Waals surface area (Å²) < 4.78 is 11.0. The average molecular weight is 303 g/mol. The van der Waals surface area contributed by atoms with Gasteiger partial charge in [0.05, 0.1) is 12.2 Å². The molecule has 2 atom stereocenters. The average Bonchev–Trinajstić information content (AvgIpc) is 2.96. The van der Waals surface area contributed by atoms with Gasteiger partial charge in [-0.3, -0.25) is 0 Å². The molecule has 1 saturated heterocycles. The summed E-state index contributed by atoms with van der Waals surface area (Å²) in [6.07, 6.45) is 3.07. The summed E-state index contributed by atoms with van der Waals surface area (Å²) in [5, 5.41) is 8.90. The fourth-order valence-corrected chi connectivity index (χ4v) is 2.59. The summed E-state index contributed by atoms with van der Waals surface area (Å²) in [7, 11) is 0. The van der Waals surface area contributed by atoms with Gasteiger partial charge in [0.15, 0.2) is 5.69 Å². The SMILES string of the molecule is CC1CN(c2cc(-c3nc(C(=O)O)co3)ccn2)CC(C)O1. The van der Waals surface area contributed by atoms with Crippen molar-refractivity contribution in [2.75, 3.05) is 18.0 Å². The van der Waals surface area contributed by atoms with Crippen LogP contribution in [0.5, 0.6) is 0 Å². The number of hydrogen-bond donors (Lipinski definition) is 1. The molecule has 1 aliphatic rings. The number of aromatic nitrogens is 2. The second-order valence-electron chi connectivity index (χ2n) is 5.41. The van der Waals surface area contributed by atoms with Gasteiger partial charge in [0.2, 0.25) is 5.89 Å². The highest BCUT2D eigenvalue weighted by atomic mass is 16.5. The van der Waals surface area contributed by atoms with Gasteiger partial charge < -0.3 is 19.2 Å². The standard InChI is InChI=1S/C15H17N3O4/c1-9-6-18(7-10(2)22-9)13-5-11(3-4-16-13)14-17-12(8-21-14)15(19)20/h3-5,8-10H,6-7H2,1-2H3,(H,19,20). The maximum absolute atomic E-state index is 10.9. The number of anilines is 1. The van der Waals surface area contributed by atoms with E-state index in [2.05, 4.69) is 14.9 Å². The molecule has 22 heavy (non-hydrogen) atoms. The van der Waals surface area contributed by atoms with Crippen LogP contribution in [-0.2, 0) is 4.74 Å². The molecule has 3 rings (SSSR count). The first-order chi connectivity index (χ1) is 10.5. The van der Waals surface area contributed by atoms with E-state index in [9.17, 15) is 4.79 Å². The zero-order valence-corrected chi connectivity index (χ0v) is 12.4. The molecule has 2 unspecified atom stereocenters. The van der Waals surface area contributed by atoms with Crippen molar-refractivity contribution in [3.8, 4) is 11.5 Å². The van der Waals surface area contributed by atoms with Crippen LogP contribution in [0.2, 0.25) is 0 Å². The third-order valence-corrected chi connectivity index (χ3v) is 3.46. The van der Waals surface area contributed by atoms with Crippen LogP contribution in [0.15, 0.2) is 29.0 Å². The topological polar surface area (TPSA) is 88.7 Å². The highest BCUT2D eigenvalue weighted by Crippen LogP contribution is 2.24. The first-order valence-corrected chi connectivity index (χ1v) is 7.08. The lowest BCUT2D eigenvalue weighted by Gasteiger charge is -2.36. The molecule has 2 aromatic rings. The third kappa shape index (κ3) is 2.94. The maximum Gasteiger partial charge on any atom is 0.357 e. The van der Waals surface area contributed by atoms with Crippen molar-refractivity contribution in [2.45, 2.75) is 26.1 Å². The summed E-state index contributed by atoms with van der Waals surface area (Å²) in [6.45, 7) is 5.57. The first kappa shape index (κ1) is 14.5. The number of morpholine rings is 1. The Morgan fingerprint density at radius 1 is 1.36 bits per heavy atom. The molecule has 2 aromatic heterocycles. The second-order valence-corrected chi connectivity index (χ2v) is 5.41. The monoisotopic (exact) mass is 303 g/mol. The minimum absolute atomic E-state index is 0.109. The summed E-state index contributed by atoms with van der Waals surface area (Å²) in [5.41, 5.74) is 0.589. The van der Waals surface area contributed by atoms with Gasteiger partial charge in [-0.25, -0.2) is 14.8 Å². The number of ether oxygens (including phenoxy) is 1. The normalized spacial score (nSPS) is 21.8. The second kappa shape index (κ2) is 5.76. The van der Waals surface area contributed by atoms with Crippen molar-refractivity contribution >= 4 is 11.8 Å². The lowest BCUT2D eigenvalue weighted by Crippen LogP contribution is -2.45. The number of oxazole rings is 1. The minimum atomic E-state index is -1.11. The zero-order chi connectivity index (χ0) is 15.7. The molecule has 1 N–H and O–H groups in total. The molecule has 1 fully saturated rings. The number of aromatic carboxylic acids is 1. The van der Waals surface area contributed by atoms with E-state index in [1.54, 1.807) is 12.3 Å². The molecular weight excluding hydrogens is 286 g/mol. The fourth-order valence-electron chi connectivity index (χ4n) is 2.59. The minimum Gasteiger partial charge on any atom is -0.476 e.